The van der Waals surface area contributed by atoms with E-state index in [1.807, 2.05) is 31.2 Å². The number of allylic oxidation sites excluding steroid dienone is 1. The van der Waals surface area contributed by atoms with E-state index in [-0.39, 0.29) is 47.9 Å². The average molecular weight is 826 g/mol. The van der Waals surface area contributed by atoms with Crippen LogP contribution >= 0.6 is 0 Å². The van der Waals surface area contributed by atoms with E-state index in [2.05, 4.69) is 52.6 Å². The number of ketones is 2. The van der Waals surface area contributed by atoms with Gasteiger partial charge in [-0.05, 0) is 117 Å². The van der Waals surface area contributed by atoms with Gasteiger partial charge in [0, 0.05) is 56.1 Å². The molecule has 0 spiro atoms. The minimum Gasteiger partial charge on any atom is -0.446 e. The van der Waals surface area contributed by atoms with E-state index >= 15 is 0 Å². The van der Waals surface area contributed by atoms with Gasteiger partial charge < -0.3 is 35.9 Å². The number of unbranched alkanes of at least 4 members (excludes halogenated alkanes) is 1. The monoisotopic (exact) mass is 826 g/mol. The summed E-state index contributed by atoms with van der Waals surface area (Å²) in [6, 6.07) is 7.26. The number of primary amides is 1. The Balaban J connectivity index is 1.33. The van der Waals surface area contributed by atoms with Crippen LogP contribution < -0.4 is 32.4 Å². The molecule has 0 radical (unpaired) electrons. The number of alkyl carbamates (subject to hydrolysis) is 1. The lowest BCUT2D eigenvalue weighted by Gasteiger charge is -2.32. The van der Waals surface area contributed by atoms with Crippen LogP contribution in [-0.4, -0.2) is 104 Å². The molecular formula is C44H71N7O8. The van der Waals surface area contributed by atoms with E-state index in [4.69, 9.17) is 19.9 Å². The molecule has 7 N–H and O–H groups in total. The molecule has 1 aromatic carbocycles. The van der Waals surface area contributed by atoms with Gasteiger partial charge in [0.25, 0.3) is 0 Å². The first-order chi connectivity index (χ1) is 27.9. The molecule has 3 amide bonds. The van der Waals surface area contributed by atoms with Crippen molar-refractivity contribution in [1.29, 1.82) is 0 Å². The van der Waals surface area contributed by atoms with E-state index in [9.17, 15) is 24.0 Å². The number of carbonyl (C=O) groups is 5. The molecule has 1 heterocycles. The van der Waals surface area contributed by atoms with E-state index < -0.39 is 23.6 Å². The fourth-order valence-corrected chi connectivity index (χ4v) is 7.23. The molecule has 59 heavy (non-hydrogen) atoms. The number of hydrogen-bond acceptors (Lipinski definition) is 12. The molecule has 15 nitrogen and oxygen atoms in total. The molecule has 1 aromatic rings. The zero-order valence-corrected chi connectivity index (χ0v) is 36.6. The van der Waals surface area contributed by atoms with Crippen LogP contribution in [0, 0.1) is 5.92 Å². The second-order valence-electron chi connectivity index (χ2n) is 17.2. The molecule has 2 unspecified atom stereocenters. The van der Waals surface area contributed by atoms with Gasteiger partial charge in [-0.1, -0.05) is 24.3 Å². The van der Waals surface area contributed by atoms with Gasteiger partial charge in [0.05, 0.1) is 43.7 Å². The third-order valence-electron chi connectivity index (χ3n) is 10.5. The van der Waals surface area contributed by atoms with E-state index in [1.165, 1.54) is 5.57 Å². The van der Waals surface area contributed by atoms with Gasteiger partial charge in [-0.25, -0.2) is 4.79 Å². The van der Waals surface area contributed by atoms with Crippen molar-refractivity contribution in [1.82, 2.24) is 26.7 Å². The average Bonchev–Trinajstić information content (AvgIpc) is 3.15. The fraction of sp³-hybridized carbons (Fsp3) is 0.682. The molecule has 1 aliphatic heterocycles. The number of amides is 3. The van der Waals surface area contributed by atoms with Crippen molar-refractivity contribution in [3.05, 3.63) is 41.0 Å². The zero-order chi connectivity index (χ0) is 43.4. The number of nitrogens with two attached hydrogens (primary N) is 1. The Morgan fingerprint density at radius 3 is 2.24 bits per heavy atom. The van der Waals surface area contributed by atoms with Crippen LogP contribution in [-0.2, 0) is 39.8 Å². The number of Topliss-reactive ketones (excluding diaryl/α,β-unsaturated/α-hetero) is 2. The quantitative estimate of drug-likeness (QED) is 0.0758. The second-order valence-corrected chi connectivity index (χ2v) is 17.2. The molecule has 3 rings (SSSR count). The van der Waals surface area contributed by atoms with Crippen molar-refractivity contribution < 1.29 is 38.2 Å². The molecule has 2 aliphatic rings. The molecule has 0 aromatic heterocycles. The van der Waals surface area contributed by atoms with Crippen molar-refractivity contribution >= 4 is 40.9 Å². The van der Waals surface area contributed by atoms with Gasteiger partial charge in [0.15, 0.2) is 5.78 Å². The van der Waals surface area contributed by atoms with Crippen LogP contribution in [0.25, 0.3) is 5.70 Å². The molecule has 330 valence electrons. The summed E-state index contributed by atoms with van der Waals surface area (Å²) in [6.45, 7) is 16.5. The maximum atomic E-state index is 13.0. The predicted molar refractivity (Wildman–Crippen MR) is 230 cm³/mol. The highest BCUT2D eigenvalue weighted by Gasteiger charge is 2.32. The second kappa shape index (κ2) is 24.8. The highest BCUT2D eigenvalue weighted by atomic mass is 16.6. The normalized spacial score (nSPS) is 17.7. The van der Waals surface area contributed by atoms with E-state index in [0.717, 1.165) is 54.8 Å². The number of hydrogen-bond donors (Lipinski definition) is 6. The first-order valence-corrected chi connectivity index (χ1v) is 21.3. The van der Waals surface area contributed by atoms with Gasteiger partial charge in [0.1, 0.15) is 11.9 Å². The topological polar surface area (TPSA) is 212 Å². The Hall–Kier alpha value is -4.18. The Morgan fingerprint density at radius 2 is 1.58 bits per heavy atom. The molecule has 1 fully saturated rings. The highest BCUT2D eigenvalue weighted by Crippen LogP contribution is 2.36. The van der Waals surface area contributed by atoms with Crippen LogP contribution in [0.5, 0.6) is 0 Å². The van der Waals surface area contributed by atoms with Crippen molar-refractivity contribution in [2.24, 2.45) is 16.8 Å². The smallest absolute Gasteiger partial charge is 0.407 e. The summed E-state index contributed by atoms with van der Waals surface area (Å²) in [5, 5.41) is 16.6. The number of rotatable bonds is 25. The summed E-state index contributed by atoms with van der Waals surface area (Å²) in [6.07, 6.45) is 5.26. The zero-order valence-electron chi connectivity index (χ0n) is 36.6. The summed E-state index contributed by atoms with van der Waals surface area (Å²) in [5.74, 6) is -0.695. The molecule has 15 heteroatoms. The standard InChI is InChI=1S/C44H71N7O8/c1-30(52)29-32-14-16-33(17-15-32)40-36-19-18-34(11-10-12-35(36)31(2)50-51-40)59-42(56)47-22-9-8-13-37(41(45)55)49-44(6,7)38(53)20-21-39(54)46-23-25-57-27-28-58-26-24-48-43(3,4)5/h14-17,34-35,37,48-49,51H,8-13,18-29H2,1-7H3,(H2,45,55)(H,46,54)(H,47,56)/t34?,35?,37-/m0/s1. The number of ether oxygens (including phenoxy) is 3. The number of fused-ring (bicyclic) bond motifs is 1. The summed E-state index contributed by atoms with van der Waals surface area (Å²) >= 11 is 0. The van der Waals surface area contributed by atoms with Crippen LogP contribution in [0.3, 0.4) is 0 Å². The Morgan fingerprint density at radius 1 is 0.881 bits per heavy atom. The summed E-state index contributed by atoms with van der Waals surface area (Å²) in [7, 11) is 0. The van der Waals surface area contributed by atoms with Gasteiger partial charge in [-0.15, -0.1) is 0 Å². The van der Waals surface area contributed by atoms with Crippen LogP contribution in [0.4, 0.5) is 4.79 Å². The van der Waals surface area contributed by atoms with Crippen LogP contribution in [0.15, 0.2) is 34.9 Å². The number of nitrogens with one attached hydrogen (secondary N) is 5. The summed E-state index contributed by atoms with van der Waals surface area (Å²) in [4.78, 5) is 62.1. The van der Waals surface area contributed by atoms with Gasteiger partial charge in [-0.3, -0.25) is 29.9 Å². The van der Waals surface area contributed by atoms with Gasteiger partial charge in [0.2, 0.25) is 11.8 Å². The number of hydrazone groups is 1. The summed E-state index contributed by atoms with van der Waals surface area (Å²) in [5.41, 5.74) is 13.2. The number of nitrogens with zero attached hydrogens (tertiary/aromatic N) is 1. The number of benzene rings is 1. The predicted octanol–water partition coefficient (Wildman–Crippen LogP) is 4.46. The SMILES string of the molecule is CC(=O)Cc1ccc(C2=C3CCC(OC(=O)NCCCC[C@H](NC(C)(C)C(=O)CCC(=O)NCCOCCOCCNC(C)(C)C)C(N)=O)CCCC3C(C)=NN2)cc1. The largest absolute Gasteiger partial charge is 0.446 e. The maximum Gasteiger partial charge on any atom is 0.407 e. The van der Waals surface area contributed by atoms with Crippen molar-refractivity contribution in [2.75, 3.05) is 46.1 Å². The number of carbonyl (C=O) groups excluding carboxylic acids is 5. The maximum absolute atomic E-state index is 13.0. The molecular weight excluding hydrogens is 755 g/mol. The van der Waals surface area contributed by atoms with Gasteiger partial charge in [-0.2, -0.15) is 5.10 Å². The fourth-order valence-electron chi connectivity index (χ4n) is 7.23. The van der Waals surface area contributed by atoms with Crippen LogP contribution in [0.1, 0.15) is 124 Å². The van der Waals surface area contributed by atoms with E-state index in [1.54, 1.807) is 20.8 Å². The molecule has 0 saturated heterocycles. The highest BCUT2D eigenvalue weighted by molar-refractivity contribution is 5.92. The minimum atomic E-state index is -1.08. The molecule has 1 aliphatic carbocycles. The lowest BCUT2D eigenvalue weighted by atomic mass is 9.80. The Kier molecular flexibility index (Phi) is 20.7. The van der Waals surface area contributed by atoms with Crippen molar-refractivity contribution in [2.45, 2.75) is 142 Å². The lowest BCUT2D eigenvalue weighted by Crippen LogP contribution is -2.55. The van der Waals surface area contributed by atoms with Crippen molar-refractivity contribution in [3.8, 4) is 0 Å². The Labute approximate surface area is 351 Å². The lowest BCUT2D eigenvalue weighted by molar-refractivity contribution is -0.129. The molecule has 1 saturated carbocycles. The van der Waals surface area contributed by atoms with Crippen molar-refractivity contribution in [3.63, 3.8) is 0 Å². The minimum absolute atomic E-state index is 0.00272. The van der Waals surface area contributed by atoms with Gasteiger partial charge >= 0.3 is 6.09 Å². The van der Waals surface area contributed by atoms with Crippen LogP contribution in [0.2, 0.25) is 0 Å². The third kappa shape index (κ3) is 18.7. The Bertz CT molecular complexity index is 1600. The third-order valence-corrected chi connectivity index (χ3v) is 10.5. The van der Waals surface area contributed by atoms with E-state index in [0.29, 0.717) is 71.6 Å². The summed E-state index contributed by atoms with van der Waals surface area (Å²) < 4.78 is 16.9. The molecule has 3 atom stereocenters. The first kappa shape index (κ1) is 49.2. The first-order valence-electron chi connectivity index (χ1n) is 21.3. The molecule has 0 bridgehead atoms.